The van der Waals surface area contributed by atoms with E-state index in [0.29, 0.717) is 5.69 Å². The Kier molecular flexibility index (Phi) is 4.23. The molecule has 0 aliphatic heterocycles. The average molecular weight is 351 g/mol. The van der Waals surface area contributed by atoms with Crippen LogP contribution in [0, 0.1) is 17.0 Å². The van der Waals surface area contributed by atoms with Crippen molar-refractivity contribution in [2.75, 3.05) is 5.32 Å². The van der Waals surface area contributed by atoms with Crippen LogP contribution >= 0.6 is 15.9 Å². The summed E-state index contributed by atoms with van der Waals surface area (Å²) in [6.07, 6.45) is 0. The quantitative estimate of drug-likeness (QED) is 0.639. The smallest absolute Gasteiger partial charge is 0.342 e. The van der Waals surface area contributed by atoms with E-state index in [1.807, 2.05) is 13.0 Å². The molecule has 0 heterocycles. The zero-order valence-electron chi connectivity index (χ0n) is 11.0. The van der Waals surface area contributed by atoms with Gasteiger partial charge in [-0.1, -0.05) is 18.2 Å². The third kappa shape index (κ3) is 3.03. The number of carboxylic acid groups (broad SMARTS) is 1. The third-order valence-electron chi connectivity index (χ3n) is 2.91. The first-order valence-electron chi connectivity index (χ1n) is 5.94. The van der Waals surface area contributed by atoms with Crippen molar-refractivity contribution in [3.05, 3.63) is 62.1 Å². The number of halogens is 1. The van der Waals surface area contributed by atoms with Gasteiger partial charge >= 0.3 is 11.7 Å². The third-order valence-corrected chi connectivity index (χ3v) is 3.96. The van der Waals surface area contributed by atoms with Gasteiger partial charge in [-0.05, 0) is 46.6 Å². The highest BCUT2D eigenvalue weighted by molar-refractivity contribution is 9.10. The van der Waals surface area contributed by atoms with E-state index in [1.165, 1.54) is 18.2 Å². The van der Waals surface area contributed by atoms with E-state index in [0.717, 1.165) is 10.0 Å². The molecule has 0 atom stereocenters. The van der Waals surface area contributed by atoms with Crippen molar-refractivity contribution in [3.8, 4) is 0 Å². The Labute approximate surface area is 128 Å². The van der Waals surface area contributed by atoms with Gasteiger partial charge < -0.3 is 10.4 Å². The fourth-order valence-electron chi connectivity index (χ4n) is 1.90. The second-order valence-corrected chi connectivity index (χ2v) is 5.12. The van der Waals surface area contributed by atoms with Crippen LogP contribution in [0.4, 0.5) is 17.1 Å². The number of aromatic carboxylic acids is 1. The average Bonchev–Trinajstić information content (AvgIpc) is 2.43. The number of carbonyl (C=O) groups is 1. The molecule has 0 amide bonds. The standard InChI is InChI=1S/C14H11BrN2O4/c1-8-4-2-6-10(12(8)15)16-11-7-3-5-9(14(18)19)13(11)17(20)21/h2-7,16H,1H3,(H,18,19). The van der Waals surface area contributed by atoms with Crippen molar-refractivity contribution in [2.45, 2.75) is 6.92 Å². The lowest BCUT2D eigenvalue weighted by Crippen LogP contribution is -2.06. The van der Waals surface area contributed by atoms with E-state index < -0.39 is 16.6 Å². The first kappa shape index (κ1) is 15.0. The Morgan fingerprint density at radius 1 is 1.24 bits per heavy atom. The first-order valence-corrected chi connectivity index (χ1v) is 6.74. The minimum atomic E-state index is -1.34. The van der Waals surface area contributed by atoms with Crippen molar-refractivity contribution < 1.29 is 14.8 Å². The van der Waals surface area contributed by atoms with Crippen molar-refractivity contribution in [1.82, 2.24) is 0 Å². The van der Waals surface area contributed by atoms with E-state index in [2.05, 4.69) is 21.2 Å². The summed E-state index contributed by atoms with van der Waals surface area (Å²) in [6, 6.07) is 9.57. The molecule has 6 nitrogen and oxygen atoms in total. The molecule has 2 aromatic carbocycles. The molecule has 0 aliphatic rings. The number of anilines is 2. The fourth-order valence-corrected chi connectivity index (χ4v) is 2.27. The van der Waals surface area contributed by atoms with Gasteiger partial charge in [-0.3, -0.25) is 10.1 Å². The van der Waals surface area contributed by atoms with Gasteiger partial charge in [0, 0.05) is 4.47 Å². The summed E-state index contributed by atoms with van der Waals surface area (Å²) in [5.41, 5.74) is 0.899. The second kappa shape index (κ2) is 5.92. The van der Waals surface area contributed by atoms with Gasteiger partial charge in [0.05, 0.1) is 10.6 Å². The van der Waals surface area contributed by atoms with Crippen LogP contribution in [0.5, 0.6) is 0 Å². The molecule has 7 heteroatoms. The second-order valence-electron chi connectivity index (χ2n) is 4.33. The monoisotopic (exact) mass is 350 g/mol. The van der Waals surface area contributed by atoms with Gasteiger partial charge in [-0.15, -0.1) is 0 Å². The highest BCUT2D eigenvalue weighted by atomic mass is 79.9. The molecule has 0 radical (unpaired) electrons. The van der Waals surface area contributed by atoms with Crippen LogP contribution < -0.4 is 5.32 Å². The predicted molar refractivity (Wildman–Crippen MR) is 82.2 cm³/mol. The number of hydrogen-bond acceptors (Lipinski definition) is 4. The van der Waals surface area contributed by atoms with Crippen molar-refractivity contribution in [1.29, 1.82) is 0 Å². The number of hydrogen-bond donors (Lipinski definition) is 2. The molecular weight excluding hydrogens is 340 g/mol. The topological polar surface area (TPSA) is 92.5 Å². The van der Waals surface area contributed by atoms with Crippen molar-refractivity contribution >= 4 is 39.0 Å². The van der Waals surface area contributed by atoms with Crippen LogP contribution in [0.15, 0.2) is 40.9 Å². The number of rotatable bonds is 4. The summed E-state index contributed by atoms with van der Waals surface area (Å²) >= 11 is 3.40. The summed E-state index contributed by atoms with van der Waals surface area (Å²) < 4.78 is 0.764. The minimum absolute atomic E-state index is 0.131. The Bertz CT molecular complexity index is 731. The first-order chi connectivity index (χ1) is 9.91. The lowest BCUT2D eigenvalue weighted by atomic mass is 10.1. The molecule has 21 heavy (non-hydrogen) atoms. The van der Waals surface area contributed by atoms with Crippen LogP contribution in [-0.2, 0) is 0 Å². The van der Waals surface area contributed by atoms with Gasteiger partial charge in [0.2, 0.25) is 0 Å². The highest BCUT2D eigenvalue weighted by Crippen LogP contribution is 2.34. The van der Waals surface area contributed by atoms with Crippen LogP contribution in [-0.4, -0.2) is 16.0 Å². The number of nitrogens with one attached hydrogen (secondary N) is 1. The Balaban J connectivity index is 2.54. The summed E-state index contributed by atoms with van der Waals surface area (Å²) in [5, 5.41) is 23.1. The van der Waals surface area contributed by atoms with E-state index >= 15 is 0 Å². The molecule has 0 aliphatic carbocycles. The fraction of sp³-hybridized carbons (Fsp3) is 0.0714. The Morgan fingerprint density at radius 2 is 1.86 bits per heavy atom. The molecule has 108 valence electrons. The van der Waals surface area contributed by atoms with Gasteiger partial charge in [-0.2, -0.15) is 0 Å². The maximum absolute atomic E-state index is 11.2. The molecule has 0 fully saturated rings. The molecule has 2 aromatic rings. The maximum atomic E-state index is 11.2. The number of carboxylic acids is 1. The number of nitrogens with zero attached hydrogens (tertiary/aromatic N) is 1. The number of nitro groups is 1. The van der Waals surface area contributed by atoms with Gasteiger partial charge in [-0.25, -0.2) is 4.79 Å². The van der Waals surface area contributed by atoms with Gasteiger partial charge in [0.1, 0.15) is 11.3 Å². The molecule has 2 rings (SSSR count). The van der Waals surface area contributed by atoms with Gasteiger partial charge in [0.25, 0.3) is 0 Å². The minimum Gasteiger partial charge on any atom is -0.477 e. The number of nitro benzene ring substituents is 1. The largest absolute Gasteiger partial charge is 0.477 e. The predicted octanol–water partition coefficient (Wildman–Crippen LogP) is 4.11. The van der Waals surface area contributed by atoms with Crippen molar-refractivity contribution in [3.63, 3.8) is 0 Å². The van der Waals surface area contributed by atoms with Gasteiger partial charge in [0.15, 0.2) is 0 Å². The van der Waals surface area contributed by atoms with Crippen LogP contribution in [0.1, 0.15) is 15.9 Å². The number of aryl methyl sites for hydroxylation is 1. The molecule has 2 N–H and O–H groups in total. The molecule has 0 aromatic heterocycles. The Hall–Kier alpha value is -2.41. The summed E-state index contributed by atoms with van der Waals surface area (Å²) in [4.78, 5) is 21.6. The molecule has 0 spiro atoms. The summed E-state index contributed by atoms with van der Waals surface area (Å²) in [6.45, 7) is 1.89. The lowest BCUT2D eigenvalue weighted by Gasteiger charge is -2.11. The van der Waals surface area contributed by atoms with Crippen LogP contribution in [0.2, 0.25) is 0 Å². The number of para-hydroxylation sites is 1. The maximum Gasteiger partial charge on any atom is 0.342 e. The van der Waals surface area contributed by atoms with E-state index in [4.69, 9.17) is 5.11 Å². The zero-order valence-corrected chi connectivity index (χ0v) is 12.5. The zero-order chi connectivity index (χ0) is 15.6. The van der Waals surface area contributed by atoms with Crippen molar-refractivity contribution in [2.24, 2.45) is 0 Å². The SMILES string of the molecule is Cc1cccc(Nc2cccc(C(=O)O)c2[N+](=O)[O-])c1Br. The van der Waals surface area contributed by atoms with E-state index in [-0.39, 0.29) is 11.3 Å². The molecular formula is C14H11BrN2O4. The number of benzene rings is 2. The van der Waals surface area contributed by atoms with Crippen LogP contribution in [0.3, 0.4) is 0 Å². The Morgan fingerprint density at radius 3 is 2.48 bits per heavy atom. The van der Waals surface area contributed by atoms with E-state index in [1.54, 1.807) is 12.1 Å². The molecule has 0 bridgehead atoms. The summed E-state index contributed by atoms with van der Waals surface area (Å²) in [5.74, 6) is -1.34. The van der Waals surface area contributed by atoms with Crippen LogP contribution in [0.25, 0.3) is 0 Å². The summed E-state index contributed by atoms with van der Waals surface area (Å²) in [7, 11) is 0. The van der Waals surface area contributed by atoms with E-state index in [9.17, 15) is 14.9 Å². The molecule has 0 saturated heterocycles. The normalized spacial score (nSPS) is 10.2. The highest BCUT2D eigenvalue weighted by Gasteiger charge is 2.24. The lowest BCUT2D eigenvalue weighted by molar-refractivity contribution is -0.384. The molecule has 0 saturated carbocycles. The molecule has 0 unspecified atom stereocenters.